The van der Waals surface area contributed by atoms with E-state index in [0.29, 0.717) is 10.8 Å². The number of aromatic nitrogens is 4. The molecule has 0 spiro atoms. The van der Waals surface area contributed by atoms with Gasteiger partial charge in [0.05, 0.1) is 6.20 Å². The summed E-state index contributed by atoms with van der Waals surface area (Å²) in [7, 11) is 0. The molecule has 2 aromatic rings. The van der Waals surface area contributed by atoms with Crippen molar-refractivity contribution >= 4 is 23.3 Å². The molecular weight excluding hydrogens is 206 g/mol. The summed E-state index contributed by atoms with van der Waals surface area (Å²) in [5.41, 5.74) is 5.41. The second-order valence-corrected chi connectivity index (χ2v) is 3.13. The summed E-state index contributed by atoms with van der Waals surface area (Å²) in [4.78, 5) is 10.7. The fraction of sp³-hybridized carbons (Fsp3) is 0. The molecule has 2 heterocycles. The molecule has 0 unspecified atom stereocenters. The first-order valence-corrected chi connectivity index (χ1v) is 4.33. The molecule has 3 N–H and O–H groups in total. The summed E-state index contributed by atoms with van der Waals surface area (Å²) in [5, 5.41) is 16.4. The first-order chi connectivity index (χ1) is 6.70. The lowest BCUT2D eigenvalue weighted by Gasteiger charge is -1.98. The van der Waals surface area contributed by atoms with Crippen molar-refractivity contribution in [1.29, 1.82) is 0 Å². The van der Waals surface area contributed by atoms with Crippen LogP contribution in [0.1, 0.15) is 10.5 Å². The van der Waals surface area contributed by atoms with Crippen LogP contribution < -0.4 is 5.73 Å². The topological polar surface area (TPSA) is 107 Å². The highest BCUT2D eigenvalue weighted by Gasteiger charge is 2.18. The van der Waals surface area contributed by atoms with Gasteiger partial charge in [-0.3, -0.25) is 0 Å². The molecule has 72 valence electrons. The first-order valence-electron chi connectivity index (χ1n) is 3.55. The number of rotatable bonds is 2. The van der Waals surface area contributed by atoms with Crippen LogP contribution in [-0.2, 0) is 0 Å². The Morgan fingerprint density at radius 3 is 3.00 bits per heavy atom. The molecule has 0 radical (unpaired) electrons. The van der Waals surface area contributed by atoms with Gasteiger partial charge in [0.25, 0.3) is 0 Å². The molecule has 0 atom stereocenters. The van der Waals surface area contributed by atoms with Crippen molar-refractivity contribution in [3.63, 3.8) is 0 Å². The molecule has 0 aromatic carbocycles. The minimum atomic E-state index is -1.15. The summed E-state index contributed by atoms with van der Waals surface area (Å²) < 4.78 is 4.82. The van der Waals surface area contributed by atoms with Crippen molar-refractivity contribution in [2.24, 2.45) is 0 Å². The average molecular weight is 211 g/mol. The minimum absolute atomic E-state index is 0.148. The van der Waals surface area contributed by atoms with Gasteiger partial charge in [-0.25, -0.2) is 9.48 Å². The number of hydrogen-bond donors (Lipinski definition) is 2. The Morgan fingerprint density at radius 2 is 2.43 bits per heavy atom. The molecule has 0 amide bonds. The van der Waals surface area contributed by atoms with Gasteiger partial charge in [0.2, 0.25) is 5.69 Å². The lowest BCUT2D eigenvalue weighted by atomic mass is 10.5. The Hall–Kier alpha value is -1.96. The Bertz CT molecular complexity index is 476. The quantitative estimate of drug-likeness (QED) is 0.724. The predicted molar refractivity (Wildman–Crippen MR) is 48.4 cm³/mol. The van der Waals surface area contributed by atoms with E-state index in [0.717, 1.165) is 11.5 Å². The van der Waals surface area contributed by atoms with E-state index in [2.05, 4.69) is 14.7 Å². The van der Waals surface area contributed by atoms with Crippen LogP contribution in [0.2, 0.25) is 0 Å². The van der Waals surface area contributed by atoms with E-state index in [4.69, 9.17) is 10.8 Å². The van der Waals surface area contributed by atoms with Crippen molar-refractivity contribution in [3.05, 3.63) is 18.0 Å². The van der Waals surface area contributed by atoms with Gasteiger partial charge in [-0.05, 0) is 0 Å². The molecule has 0 aliphatic carbocycles. The molecular formula is C6H5N5O2S. The highest BCUT2D eigenvalue weighted by molar-refractivity contribution is 7.08. The van der Waals surface area contributed by atoms with E-state index in [-0.39, 0.29) is 5.69 Å². The SMILES string of the molecule is Nc1ccnn1-c1snnc1C(=O)O. The van der Waals surface area contributed by atoms with Crippen molar-refractivity contribution < 1.29 is 9.90 Å². The molecule has 0 fully saturated rings. The second-order valence-electron chi connectivity index (χ2n) is 2.40. The normalized spacial score (nSPS) is 10.3. The largest absolute Gasteiger partial charge is 0.476 e. The third-order valence-electron chi connectivity index (χ3n) is 1.54. The number of hydrogen-bond acceptors (Lipinski definition) is 6. The van der Waals surface area contributed by atoms with Crippen LogP contribution in [0, 0.1) is 0 Å². The van der Waals surface area contributed by atoms with Gasteiger partial charge >= 0.3 is 5.97 Å². The zero-order valence-electron chi connectivity index (χ0n) is 6.78. The van der Waals surface area contributed by atoms with E-state index >= 15 is 0 Å². The predicted octanol–water partition coefficient (Wildman–Crippen LogP) is 0.00420. The molecule has 2 aromatic heterocycles. The van der Waals surface area contributed by atoms with Crippen LogP contribution in [0.4, 0.5) is 5.82 Å². The maximum Gasteiger partial charge on any atom is 0.359 e. The fourth-order valence-electron chi connectivity index (χ4n) is 0.942. The van der Waals surface area contributed by atoms with Crippen molar-refractivity contribution in [3.8, 4) is 5.00 Å². The number of carboxylic acid groups (broad SMARTS) is 1. The van der Waals surface area contributed by atoms with Gasteiger partial charge in [-0.1, -0.05) is 4.49 Å². The first kappa shape index (κ1) is 8.63. The third kappa shape index (κ3) is 1.21. The Labute approximate surface area is 81.9 Å². The van der Waals surface area contributed by atoms with E-state index in [1.54, 1.807) is 6.07 Å². The summed E-state index contributed by atoms with van der Waals surface area (Å²) >= 11 is 0.928. The number of nitrogens with zero attached hydrogens (tertiary/aromatic N) is 4. The second kappa shape index (κ2) is 3.07. The standard InChI is InChI=1S/C6H5N5O2S/c7-3-1-2-8-11(3)5-4(6(12)13)9-10-14-5/h1-2H,7H2,(H,12,13). The van der Waals surface area contributed by atoms with Crippen LogP contribution in [0.25, 0.3) is 5.00 Å². The van der Waals surface area contributed by atoms with E-state index in [1.807, 2.05) is 0 Å². The van der Waals surface area contributed by atoms with E-state index in [9.17, 15) is 4.79 Å². The number of nitrogen functional groups attached to an aromatic ring is 1. The van der Waals surface area contributed by atoms with Crippen LogP contribution in [-0.4, -0.2) is 30.4 Å². The van der Waals surface area contributed by atoms with Crippen LogP contribution in [0.5, 0.6) is 0 Å². The number of anilines is 1. The summed E-state index contributed by atoms with van der Waals surface area (Å²) in [6.07, 6.45) is 1.47. The van der Waals surface area contributed by atoms with Gasteiger partial charge in [0.15, 0.2) is 5.00 Å². The lowest BCUT2D eigenvalue weighted by molar-refractivity contribution is 0.0690. The van der Waals surface area contributed by atoms with Crippen LogP contribution in [0.3, 0.4) is 0 Å². The molecule has 0 saturated carbocycles. The van der Waals surface area contributed by atoms with Crippen LogP contribution in [0.15, 0.2) is 12.3 Å². The average Bonchev–Trinajstić information content (AvgIpc) is 2.70. The Morgan fingerprint density at radius 1 is 1.64 bits per heavy atom. The number of carboxylic acids is 1. The van der Waals surface area contributed by atoms with E-state index in [1.165, 1.54) is 10.9 Å². The van der Waals surface area contributed by atoms with Gasteiger partial charge < -0.3 is 10.8 Å². The molecule has 0 aliphatic rings. The van der Waals surface area contributed by atoms with Crippen molar-refractivity contribution in [1.82, 2.24) is 19.4 Å². The van der Waals surface area contributed by atoms with Crippen molar-refractivity contribution in [2.75, 3.05) is 5.73 Å². The van der Waals surface area contributed by atoms with Crippen LogP contribution >= 0.6 is 11.5 Å². The molecule has 2 rings (SSSR count). The summed E-state index contributed by atoms with van der Waals surface area (Å²) in [5.74, 6) is -0.804. The Kier molecular flexibility index (Phi) is 1.89. The monoisotopic (exact) mass is 211 g/mol. The zero-order chi connectivity index (χ0) is 10.1. The fourth-order valence-corrected chi connectivity index (χ4v) is 1.59. The van der Waals surface area contributed by atoms with Gasteiger partial charge in [-0.2, -0.15) is 5.10 Å². The molecule has 14 heavy (non-hydrogen) atoms. The van der Waals surface area contributed by atoms with Gasteiger partial charge in [0, 0.05) is 17.6 Å². The number of aromatic carboxylic acids is 1. The highest BCUT2D eigenvalue weighted by Crippen LogP contribution is 2.18. The molecule has 0 aliphatic heterocycles. The van der Waals surface area contributed by atoms with Gasteiger partial charge in [-0.15, -0.1) is 5.10 Å². The maximum atomic E-state index is 10.7. The van der Waals surface area contributed by atoms with Gasteiger partial charge in [0.1, 0.15) is 5.82 Å². The smallest absolute Gasteiger partial charge is 0.359 e. The summed E-state index contributed by atoms with van der Waals surface area (Å²) in [6.45, 7) is 0. The number of nitrogens with two attached hydrogens (primary N) is 1. The lowest BCUT2D eigenvalue weighted by Crippen LogP contribution is -2.06. The maximum absolute atomic E-state index is 10.7. The minimum Gasteiger partial charge on any atom is -0.476 e. The number of carbonyl (C=O) groups is 1. The molecule has 0 bridgehead atoms. The zero-order valence-corrected chi connectivity index (χ0v) is 7.60. The molecule has 8 heteroatoms. The van der Waals surface area contributed by atoms with Crippen molar-refractivity contribution in [2.45, 2.75) is 0 Å². The molecule has 7 nitrogen and oxygen atoms in total. The van der Waals surface area contributed by atoms with E-state index < -0.39 is 5.97 Å². The third-order valence-corrected chi connectivity index (χ3v) is 2.24. The Balaban J connectivity index is 2.57. The summed E-state index contributed by atoms with van der Waals surface area (Å²) in [6, 6.07) is 1.56. The highest BCUT2D eigenvalue weighted by atomic mass is 32.1. The molecule has 0 saturated heterocycles.